The molecule has 1 N–H and O–H groups in total. The summed E-state index contributed by atoms with van der Waals surface area (Å²) >= 11 is 7.20. The van der Waals surface area contributed by atoms with E-state index >= 15 is 0 Å². The van der Waals surface area contributed by atoms with Crippen molar-refractivity contribution >= 4 is 53.7 Å². The number of benzene rings is 3. The fraction of sp³-hybridized carbons (Fsp3) is 0. The quantitative estimate of drug-likeness (QED) is 0.374. The maximum absolute atomic E-state index is 3.64. The molecular formula is C18H11Br2N. The van der Waals surface area contributed by atoms with Gasteiger partial charge < -0.3 is 4.98 Å². The van der Waals surface area contributed by atoms with Gasteiger partial charge in [-0.1, -0.05) is 62.2 Å². The summed E-state index contributed by atoms with van der Waals surface area (Å²) in [5, 5.41) is 2.47. The molecule has 0 saturated heterocycles. The van der Waals surface area contributed by atoms with E-state index in [-0.39, 0.29) is 0 Å². The SMILES string of the molecule is Brc1ccc2[nH]c3c(-c4ccccc4)cc(Br)cc3c2c1. The zero-order chi connectivity index (χ0) is 14.4. The van der Waals surface area contributed by atoms with Crippen LogP contribution in [-0.2, 0) is 0 Å². The average Bonchev–Trinajstić information content (AvgIpc) is 2.85. The minimum absolute atomic E-state index is 1.09. The smallest absolute Gasteiger partial charge is 0.0545 e. The summed E-state index contributed by atoms with van der Waals surface area (Å²) in [4.78, 5) is 3.56. The van der Waals surface area contributed by atoms with Crippen LogP contribution in [0.25, 0.3) is 32.9 Å². The van der Waals surface area contributed by atoms with Gasteiger partial charge in [-0.2, -0.15) is 0 Å². The number of halogens is 2. The fourth-order valence-electron chi connectivity index (χ4n) is 2.78. The zero-order valence-electron chi connectivity index (χ0n) is 11.0. The van der Waals surface area contributed by atoms with Crippen LogP contribution in [0.5, 0.6) is 0 Å². The molecule has 1 heterocycles. The molecule has 0 atom stereocenters. The predicted molar refractivity (Wildman–Crippen MR) is 96.6 cm³/mol. The number of fused-ring (bicyclic) bond motifs is 3. The lowest BCUT2D eigenvalue weighted by Crippen LogP contribution is -1.80. The van der Waals surface area contributed by atoms with Gasteiger partial charge in [0, 0.05) is 30.8 Å². The third-order valence-electron chi connectivity index (χ3n) is 3.72. The molecule has 3 aromatic carbocycles. The maximum Gasteiger partial charge on any atom is 0.0545 e. The molecule has 102 valence electrons. The normalized spacial score (nSPS) is 11.3. The van der Waals surface area contributed by atoms with Crippen LogP contribution >= 0.6 is 31.9 Å². The molecule has 0 amide bonds. The Morgan fingerprint density at radius 3 is 2.29 bits per heavy atom. The molecule has 1 nitrogen and oxygen atoms in total. The lowest BCUT2D eigenvalue weighted by molar-refractivity contribution is 1.52. The maximum atomic E-state index is 3.64. The van der Waals surface area contributed by atoms with Gasteiger partial charge in [0.2, 0.25) is 0 Å². The van der Waals surface area contributed by atoms with E-state index in [1.165, 1.54) is 27.4 Å². The Labute approximate surface area is 139 Å². The van der Waals surface area contributed by atoms with Gasteiger partial charge in [0.15, 0.2) is 0 Å². The molecule has 1 aromatic heterocycles. The minimum Gasteiger partial charge on any atom is -0.354 e. The number of nitrogens with one attached hydrogen (secondary N) is 1. The third kappa shape index (κ3) is 2.21. The van der Waals surface area contributed by atoms with Crippen molar-refractivity contribution in [2.75, 3.05) is 0 Å². The van der Waals surface area contributed by atoms with Gasteiger partial charge in [-0.25, -0.2) is 0 Å². The highest BCUT2D eigenvalue weighted by atomic mass is 79.9. The van der Waals surface area contributed by atoms with E-state index in [1.807, 2.05) is 6.07 Å². The van der Waals surface area contributed by atoms with Crippen molar-refractivity contribution in [3.8, 4) is 11.1 Å². The van der Waals surface area contributed by atoms with Crippen molar-refractivity contribution < 1.29 is 0 Å². The lowest BCUT2D eigenvalue weighted by Gasteiger charge is -2.05. The Kier molecular flexibility index (Phi) is 3.12. The summed E-state index contributed by atoms with van der Waals surface area (Å²) in [6.45, 7) is 0. The van der Waals surface area contributed by atoms with Crippen molar-refractivity contribution in [3.05, 3.63) is 69.6 Å². The summed E-state index contributed by atoms with van der Waals surface area (Å²) in [6.07, 6.45) is 0. The molecule has 0 saturated carbocycles. The number of aromatic nitrogens is 1. The minimum atomic E-state index is 1.09. The Hall–Kier alpha value is -1.58. The molecule has 0 radical (unpaired) electrons. The Balaban J connectivity index is 2.15. The van der Waals surface area contributed by atoms with Gasteiger partial charge in [-0.05, 0) is 35.9 Å². The second kappa shape index (κ2) is 5.00. The van der Waals surface area contributed by atoms with Crippen molar-refractivity contribution in [1.29, 1.82) is 0 Å². The van der Waals surface area contributed by atoms with E-state index in [9.17, 15) is 0 Å². The average molecular weight is 401 g/mol. The highest BCUT2D eigenvalue weighted by molar-refractivity contribution is 9.10. The molecule has 0 aliphatic rings. The van der Waals surface area contributed by atoms with E-state index in [1.54, 1.807) is 0 Å². The van der Waals surface area contributed by atoms with Crippen LogP contribution in [0.2, 0.25) is 0 Å². The summed E-state index contributed by atoms with van der Waals surface area (Å²) in [6, 6.07) is 21.1. The topological polar surface area (TPSA) is 15.8 Å². The molecular weight excluding hydrogens is 390 g/mol. The molecule has 0 fully saturated rings. The number of H-pyrrole nitrogens is 1. The van der Waals surface area contributed by atoms with Crippen molar-refractivity contribution in [1.82, 2.24) is 4.98 Å². The van der Waals surface area contributed by atoms with Crippen molar-refractivity contribution in [2.45, 2.75) is 0 Å². The highest BCUT2D eigenvalue weighted by Gasteiger charge is 2.11. The van der Waals surface area contributed by atoms with Crippen LogP contribution in [0.1, 0.15) is 0 Å². The summed E-state index contributed by atoms with van der Waals surface area (Å²) in [5.41, 5.74) is 4.77. The van der Waals surface area contributed by atoms with Crippen LogP contribution in [0.4, 0.5) is 0 Å². The Morgan fingerprint density at radius 2 is 1.48 bits per heavy atom. The molecule has 0 aliphatic carbocycles. The monoisotopic (exact) mass is 399 g/mol. The van der Waals surface area contributed by atoms with Gasteiger partial charge >= 0.3 is 0 Å². The molecule has 0 bridgehead atoms. The molecule has 4 rings (SSSR count). The van der Waals surface area contributed by atoms with E-state index < -0.39 is 0 Å². The van der Waals surface area contributed by atoms with Gasteiger partial charge in [-0.15, -0.1) is 0 Å². The largest absolute Gasteiger partial charge is 0.354 e. The van der Waals surface area contributed by atoms with Crippen LogP contribution in [0.15, 0.2) is 69.6 Å². The van der Waals surface area contributed by atoms with E-state index in [0.29, 0.717) is 0 Å². The Bertz CT molecular complexity index is 955. The number of aromatic amines is 1. The van der Waals surface area contributed by atoms with Crippen LogP contribution in [0, 0.1) is 0 Å². The van der Waals surface area contributed by atoms with Crippen molar-refractivity contribution in [3.63, 3.8) is 0 Å². The zero-order valence-corrected chi connectivity index (χ0v) is 14.2. The van der Waals surface area contributed by atoms with E-state index in [0.717, 1.165) is 14.5 Å². The van der Waals surface area contributed by atoms with Gasteiger partial charge in [-0.3, -0.25) is 0 Å². The lowest BCUT2D eigenvalue weighted by atomic mass is 10.0. The van der Waals surface area contributed by atoms with Crippen molar-refractivity contribution in [2.24, 2.45) is 0 Å². The first-order valence-electron chi connectivity index (χ1n) is 6.68. The number of hydrogen-bond donors (Lipinski definition) is 1. The van der Waals surface area contributed by atoms with Gasteiger partial charge in [0.05, 0.1) is 5.52 Å². The third-order valence-corrected chi connectivity index (χ3v) is 4.67. The highest BCUT2D eigenvalue weighted by Crippen LogP contribution is 2.36. The van der Waals surface area contributed by atoms with E-state index in [4.69, 9.17) is 0 Å². The standard InChI is InChI=1S/C18H11Br2N/c19-12-6-7-17-15(8-12)16-10-13(20)9-14(18(16)21-17)11-4-2-1-3-5-11/h1-10,21H. The molecule has 0 spiro atoms. The first kappa shape index (κ1) is 13.1. The van der Waals surface area contributed by atoms with Gasteiger partial charge in [0.25, 0.3) is 0 Å². The summed E-state index contributed by atoms with van der Waals surface area (Å²) in [5.74, 6) is 0. The second-order valence-corrected chi connectivity index (χ2v) is 6.89. The molecule has 0 unspecified atom stereocenters. The number of rotatable bonds is 1. The summed E-state index contributed by atoms with van der Waals surface area (Å²) < 4.78 is 2.19. The Morgan fingerprint density at radius 1 is 0.714 bits per heavy atom. The molecule has 0 aliphatic heterocycles. The van der Waals surface area contributed by atoms with E-state index in [2.05, 4.69) is 91.4 Å². The summed E-state index contributed by atoms with van der Waals surface area (Å²) in [7, 11) is 0. The molecule has 21 heavy (non-hydrogen) atoms. The van der Waals surface area contributed by atoms with Crippen LogP contribution in [0.3, 0.4) is 0 Å². The number of hydrogen-bond acceptors (Lipinski definition) is 0. The predicted octanol–water partition coefficient (Wildman–Crippen LogP) is 6.51. The first-order chi connectivity index (χ1) is 10.2. The van der Waals surface area contributed by atoms with Gasteiger partial charge in [0.1, 0.15) is 0 Å². The molecule has 3 heteroatoms. The van der Waals surface area contributed by atoms with Crippen LogP contribution < -0.4 is 0 Å². The van der Waals surface area contributed by atoms with Crippen LogP contribution in [-0.4, -0.2) is 4.98 Å². The first-order valence-corrected chi connectivity index (χ1v) is 8.27. The second-order valence-electron chi connectivity index (χ2n) is 5.06. The molecule has 4 aromatic rings. The fourth-order valence-corrected chi connectivity index (χ4v) is 3.60.